The summed E-state index contributed by atoms with van der Waals surface area (Å²) in [6, 6.07) is 3.95. The van der Waals surface area contributed by atoms with Gasteiger partial charge in [-0.1, -0.05) is 6.07 Å². The van der Waals surface area contributed by atoms with E-state index in [1.54, 1.807) is 6.20 Å². The van der Waals surface area contributed by atoms with Crippen molar-refractivity contribution >= 4 is 5.91 Å². The van der Waals surface area contributed by atoms with Gasteiger partial charge in [0.2, 0.25) is 5.91 Å². The lowest BCUT2D eigenvalue weighted by molar-refractivity contribution is -0.136. The van der Waals surface area contributed by atoms with Crippen LogP contribution in [0.4, 0.5) is 0 Å². The monoisotopic (exact) mass is 346 g/mol. The number of hydrogen-bond donors (Lipinski definition) is 0. The molecule has 0 unspecified atom stereocenters. The van der Waals surface area contributed by atoms with Crippen LogP contribution in [0.15, 0.2) is 24.5 Å². The van der Waals surface area contributed by atoms with Gasteiger partial charge in [0, 0.05) is 38.6 Å². The Hall–Kier alpha value is -1.50. The van der Waals surface area contributed by atoms with Gasteiger partial charge in [0.1, 0.15) is 0 Å². The molecule has 1 aromatic heterocycles. The Morgan fingerprint density at radius 2 is 2.16 bits per heavy atom. The smallest absolute Gasteiger partial charge is 0.236 e. The van der Waals surface area contributed by atoms with Gasteiger partial charge in [0.15, 0.2) is 0 Å². The van der Waals surface area contributed by atoms with Gasteiger partial charge in [-0.15, -0.1) is 0 Å². The highest BCUT2D eigenvalue weighted by molar-refractivity contribution is 5.78. The quantitative estimate of drug-likeness (QED) is 0.803. The summed E-state index contributed by atoms with van der Waals surface area (Å²) in [4.78, 5) is 23.4. The van der Waals surface area contributed by atoms with Gasteiger partial charge in [-0.25, -0.2) is 0 Å². The standard InChI is InChI=1S/C19H30N4O2/c1-21-8-4-9-22(12-11-21)15-19(24)23-10-3-6-18(14-23)25-16-17-5-2-7-20-13-17/h2,5,7,13,18H,3-4,6,8-12,14-16H2,1H3/t18-/m0/s1. The number of carbonyl (C=O) groups is 1. The third-order valence-corrected chi connectivity index (χ3v) is 5.11. The summed E-state index contributed by atoms with van der Waals surface area (Å²) in [5.41, 5.74) is 1.08. The van der Waals surface area contributed by atoms with Crippen molar-refractivity contribution in [3.63, 3.8) is 0 Å². The predicted octanol–water partition coefficient (Wildman–Crippen LogP) is 1.23. The third-order valence-electron chi connectivity index (χ3n) is 5.11. The maximum absolute atomic E-state index is 12.7. The number of piperidine rings is 1. The minimum atomic E-state index is 0.133. The summed E-state index contributed by atoms with van der Waals surface area (Å²) in [5, 5.41) is 0. The van der Waals surface area contributed by atoms with E-state index >= 15 is 0 Å². The van der Waals surface area contributed by atoms with Gasteiger partial charge < -0.3 is 14.5 Å². The normalized spacial score (nSPS) is 23.4. The molecule has 1 atom stereocenters. The van der Waals surface area contributed by atoms with Crippen LogP contribution in [0.25, 0.3) is 0 Å². The third kappa shape index (κ3) is 5.76. The van der Waals surface area contributed by atoms with Crippen LogP contribution in [0, 0.1) is 0 Å². The predicted molar refractivity (Wildman–Crippen MR) is 97.2 cm³/mol. The van der Waals surface area contributed by atoms with E-state index in [-0.39, 0.29) is 12.0 Å². The zero-order valence-corrected chi connectivity index (χ0v) is 15.3. The van der Waals surface area contributed by atoms with Crippen LogP contribution in [0.1, 0.15) is 24.8 Å². The van der Waals surface area contributed by atoms with Crippen molar-refractivity contribution in [2.45, 2.75) is 32.0 Å². The molecule has 0 aromatic carbocycles. The Morgan fingerprint density at radius 3 is 3.00 bits per heavy atom. The minimum absolute atomic E-state index is 0.133. The number of nitrogens with zero attached hydrogens (tertiary/aromatic N) is 4. The Balaban J connectivity index is 1.44. The number of likely N-dealkylation sites (N-methyl/N-ethyl adjacent to an activating group) is 1. The second kappa shape index (κ2) is 9.27. The fraction of sp³-hybridized carbons (Fsp3) is 0.684. The summed E-state index contributed by atoms with van der Waals surface area (Å²) >= 11 is 0. The van der Waals surface area contributed by atoms with Crippen molar-refractivity contribution in [3.05, 3.63) is 30.1 Å². The number of hydrogen-bond acceptors (Lipinski definition) is 5. The van der Waals surface area contributed by atoms with Crippen molar-refractivity contribution < 1.29 is 9.53 Å². The first kappa shape index (κ1) is 18.3. The topological polar surface area (TPSA) is 48.9 Å². The Labute approximate surface area is 150 Å². The first-order valence-corrected chi connectivity index (χ1v) is 9.40. The minimum Gasteiger partial charge on any atom is -0.372 e. The van der Waals surface area contributed by atoms with Crippen molar-refractivity contribution in [2.24, 2.45) is 0 Å². The number of aromatic nitrogens is 1. The molecule has 0 saturated carbocycles. The highest BCUT2D eigenvalue weighted by atomic mass is 16.5. The lowest BCUT2D eigenvalue weighted by Crippen LogP contribution is -2.47. The highest BCUT2D eigenvalue weighted by Crippen LogP contribution is 2.15. The SMILES string of the molecule is CN1CCCN(CC(=O)N2CCC[C@H](OCc3cccnc3)C2)CC1. The number of carbonyl (C=O) groups excluding carboxylic acids is 1. The second-order valence-electron chi connectivity index (χ2n) is 7.21. The summed E-state index contributed by atoms with van der Waals surface area (Å²) in [7, 11) is 2.15. The molecule has 3 heterocycles. The van der Waals surface area contributed by atoms with Crippen LogP contribution in [0.3, 0.4) is 0 Å². The average Bonchev–Trinajstić information content (AvgIpc) is 2.85. The van der Waals surface area contributed by atoms with E-state index in [9.17, 15) is 4.79 Å². The van der Waals surface area contributed by atoms with E-state index in [1.807, 2.05) is 23.2 Å². The molecule has 138 valence electrons. The van der Waals surface area contributed by atoms with Crippen LogP contribution in [0.2, 0.25) is 0 Å². The van der Waals surface area contributed by atoms with E-state index in [2.05, 4.69) is 21.8 Å². The van der Waals surface area contributed by atoms with Gasteiger partial charge in [-0.05, 0) is 51.0 Å². The molecule has 25 heavy (non-hydrogen) atoms. The molecule has 6 nitrogen and oxygen atoms in total. The van der Waals surface area contributed by atoms with Gasteiger partial charge in [-0.2, -0.15) is 0 Å². The summed E-state index contributed by atoms with van der Waals surface area (Å²) in [6.45, 7) is 6.86. The lowest BCUT2D eigenvalue weighted by atomic mass is 10.1. The molecule has 1 amide bonds. The van der Waals surface area contributed by atoms with E-state index in [0.717, 1.165) is 57.5 Å². The summed E-state index contributed by atoms with van der Waals surface area (Å²) < 4.78 is 6.02. The molecule has 0 N–H and O–H groups in total. The molecule has 1 aromatic rings. The van der Waals surface area contributed by atoms with E-state index in [0.29, 0.717) is 19.7 Å². The fourth-order valence-corrected chi connectivity index (χ4v) is 3.55. The molecule has 0 bridgehead atoms. The molecule has 0 radical (unpaired) electrons. The summed E-state index contributed by atoms with van der Waals surface area (Å²) in [5.74, 6) is 0.249. The Kier molecular flexibility index (Phi) is 6.78. The first-order chi connectivity index (χ1) is 12.2. The summed E-state index contributed by atoms with van der Waals surface area (Å²) in [6.07, 6.45) is 6.92. The molecule has 6 heteroatoms. The molecular formula is C19H30N4O2. The molecular weight excluding hydrogens is 316 g/mol. The molecule has 0 spiro atoms. The van der Waals surface area contributed by atoms with Crippen LogP contribution in [-0.2, 0) is 16.1 Å². The maximum Gasteiger partial charge on any atom is 0.236 e. The largest absolute Gasteiger partial charge is 0.372 e. The first-order valence-electron chi connectivity index (χ1n) is 9.40. The van der Waals surface area contributed by atoms with Gasteiger partial charge in [-0.3, -0.25) is 14.7 Å². The van der Waals surface area contributed by atoms with Crippen LogP contribution >= 0.6 is 0 Å². The van der Waals surface area contributed by atoms with Crippen molar-refractivity contribution in [2.75, 3.05) is 52.9 Å². The van der Waals surface area contributed by atoms with Crippen molar-refractivity contribution in [1.29, 1.82) is 0 Å². The van der Waals surface area contributed by atoms with Crippen LogP contribution < -0.4 is 0 Å². The zero-order chi connectivity index (χ0) is 17.5. The molecule has 2 aliphatic rings. The molecule has 2 fully saturated rings. The van der Waals surface area contributed by atoms with E-state index in [1.165, 1.54) is 0 Å². The molecule has 3 rings (SSSR count). The van der Waals surface area contributed by atoms with Gasteiger partial charge >= 0.3 is 0 Å². The Morgan fingerprint density at radius 1 is 1.24 bits per heavy atom. The molecule has 2 aliphatic heterocycles. The number of likely N-dealkylation sites (tertiary alicyclic amines) is 1. The van der Waals surface area contributed by atoms with Crippen LogP contribution in [-0.4, -0.2) is 84.6 Å². The van der Waals surface area contributed by atoms with E-state index < -0.39 is 0 Å². The second-order valence-corrected chi connectivity index (χ2v) is 7.21. The van der Waals surface area contributed by atoms with Gasteiger partial charge in [0.25, 0.3) is 0 Å². The maximum atomic E-state index is 12.7. The average molecular weight is 346 g/mol. The highest BCUT2D eigenvalue weighted by Gasteiger charge is 2.25. The number of amides is 1. The zero-order valence-electron chi connectivity index (χ0n) is 15.3. The van der Waals surface area contributed by atoms with E-state index in [4.69, 9.17) is 4.74 Å². The van der Waals surface area contributed by atoms with Crippen molar-refractivity contribution in [3.8, 4) is 0 Å². The number of rotatable bonds is 5. The number of pyridine rings is 1. The Bertz CT molecular complexity index is 539. The molecule has 2 saturated heterocycles. The van der Waals surface area contributed by atoms with Crippen molar-refractivity contribution in [1.82, 2.24) is 19.7 Å². The fourth-order valence-electron chi connectivity index (χ4n) is 3.55. The van der Waals surface area contributed by atoms with Crippen LogP contribution in [0.5, 0.6) is 0 Å². The van der Waals surface area contributed by atoms with Gasteiger partial charge in [0.05, 0.1) is 19.3 Å². The lowest BCUT2D eigenvalue weighted by Gasteiger charge is -2.34. The number of ether oxygens (including phenoxy) is 1. The molecule has 0 aliphatic carbocycles.